The van der Waals surface area contributed by atoms with E-state index in [0.717, 1.165) is 30.6 Å². The number of amides is 1. The van der Waals surface area contributed by atoms with Crippen LogP contribution in [0.3, 0.4) is 0 Å². The van der Waals surface area contributed by atoms with Crippen LogP contribution in [0.25, 0.3) is 0 Å². The summed E-state index contributed by atoms with van der Waals surface area (Å²) >= 11 is 1.10. The normalized spacial score (nSPS) is 14.7. The molecule has 0 aromatic carbocycles. The molecule has 1 heterocycles. The van der Waals surface area contributed by atoms with E-state index in [4.69, 9.17) is 9.84 Å². The Morgan fingerprint density at radius 1 is 1.55 bits per heavy atom. The van der Waals surface area contributed by atoms with E-state index < -0.39 is 5.97 Å². The van der Waals surface area contributed by atoms with Gasteiger partial charge in [-0.25, -0.2) is 9.78 Å². The number of hydrogen-bond acceptors (Lipinski definition) is 6. The van der Waals surface area contributed by atoms with Gasteiger partial charge in [-0.1, -0.05) is 0 Å². The zero-order valence-electron chi connectivity index (χ0n) is 11.4. The number of rotatable bonds is 6. The van der Waals surface area contributed by atoms with E-state index in [1.54, 1.807) is 17.2 Å². The Labute approximate surface area is 121 Å². The highest BCUT2D eigenvalue weighted by Gasteiger charge is 2.30. The maximum absolute atomic E-state index is 12.4. The molecule has 1 aromatic rings. The predicted molar refractivity (Wildman–Crippen MR) is 73.8 cm³/mol. The Hall–Kier alpha value is -1.47. The lowest BCUT2D eigenvalue weighted by atomic mass is 9.91. The largest absolute Gasteiger partial charge is 0.461 e. The van der Waals surface area contributed by atoms with E-state index in [0.29, 0.717) is 6.54 Å². The fourth-order valence-electron chi connectivity index (χ4n) is 2.06. The van der Waals surface area contributed by atoms with Crippen LogP contribution in [0.4, 0.5) is 0 Å². The van der Waals surface area contributed by atoms with Crippen LogP contribution in [0.15, 0.2) is 5.38 Å². The van der Waals surface area contributed by atoms with E-state index in [2.05, 4.69) is 4.98 Å². The van der Waals surface area contributed by atoms with E-state index in [1.807, 2.05) is 0 Å². The second-order valence-electron chi connectivity index (χ2n) is 4.57. The van der Waals surface area contributed by atoms with E-state index >= 15 is 0 Å². The zero-order valence-corrected chi connectivity index (χ0v) is 12.2. The molecular weight excluding hydrogens is 280 g/mol. The third kappa shape index (κ3) is 3.16. The summed E-state index contributed by atoms with van der Waals surface area (Å²) in [4.78, 5) is 29.6. The molecule has 6 nitrogen and oxygen atoms in total. The summed E-state index contributed by atoms with van der Waals surface area (Å²) in [5.41, 5.74) is 0.249. The SMILES string of the molecule is CCOC(=O)c1nc(C(=O)N(CCO)C2CCC2)cs1. The minimum Gasteiger partial charge on any atom is -0.461 e. The number of thiazole rings is 1. The molecule has 0 aliphatic heterocycles. The third-order valence-electron chi connectivity index (χ3n) is 3.29. The number of aliphatic hydroxyl groups excluding tert-OH is 1. The summed E-state index contributed by atoms with van der Waals surface area (Å²) < 4.78 is 4.85. The lowest BCUT2D eigenvalue weighted by Crippen LogP contribution is -2.45. The maximum atomic E-state index is 12.4. The molecule has 0 unspecified atom stereocenters. The van der Waals surface area contributed by atoms with Crippen LogP contribution in [-0.4, -0.2) is 52.7 Å². The minimum atomic E-state index is -0.506. The van der Waals surface area contributed by atoms with Crippen molar-refractivity contribution in [2.24, 2.45) is 0 Å². The van der Waals surface area contributed by atoms with Gasteiger partial charge in [0, 0.05) is 18.0 Å². The molecule has 0 saturated heterocycles. The van der Waals surface area contributed by atoms with Crippen molar-refractivity contribution >= 4 is 23.2 Å². The highest BCUT2D eigenvalue weighted by atomic mass is 32.1. The molecule has 1 aromatic heterocycles. The quantitative estimate of drug-likeness (QED) is 0.801. The molecule has 20 heavy (non-hydrogen) atoms. The molecule has 0 atom stereocenters. The number of aliphatic hydroxyl groups is 1. The maximum Gasteiger partial charge on any atom is 0.367 e. The summed E-state index contributed by atoms with van der Waals surface area (Å²) in [6, 6.07) is 0.183. The van der Waals surface area contributed by atoms with Crippen molar-refractivity contribution in [2.45, 2.75) is 32.2 Å². The monoisotopic (exact) mass is 298 g/mol. The van der Waals surface area contributed by atoms with E-state index in [-0.39, 0.29) is 35.9 Å². The topological polar surface area (TPSA) is 79.7 Å². The third-order valence-corrected chi connectivity index (χ3v) is 4.11. The molecule has 1 N–H and O–H groups in total. The van der Waals surface area contributed by atoms with Gasteiger partial charge in [-0.05, 0) is 26.2 Å². The van der Waals surface area contributed by atoms with Gasteiger partial charge >= 0.3 is 5.97 Å². The van der Waals surface area contributed by atoms with Crippen molar-refractivity contribution in [1.29, 1.82) is 0 Å². The number of nitrogens with zero attached hydrogens (tertiary/aromatic N) is 2. The van der Waals surface area contributed by atoms with Crippen LogP contribution in [0, 0.1) is 0 Å². The summed E-state index contributed by atoms with van der Waals surface area (Å²) in [5.74, 6) is -0.732. The lowest BCUT2D eigenvalue weighted by molar-refractivity contribution is 0.0516. The van der Waals surface area contributed by atoms with Gasteiger partial charge in [0.1, 0.15) is 5.69 Å². The molecule has 0 radical (unpaired) electrons. The van der Waals surface area contributed by atoms with Crippen molar-refractivity contribution in [3.8, 4) is 0 Å². The molecule has 1 fully saturated rings. The summed E-state index contributed by atoms with van der Waals surface area (Å²) in [6.07, 6.45) is 3.02. The van der Waals surface area contributed by atoms with Crippen molar-refractivity contribution in [1.82, 2.24) is 9.88 Å². The Morgan fingerprint density at radius 3 is 2.85 bits per heavy atom. The van der Waals surface area contributed by atoms with Gasteiger partial charge in [-0.15, -0.1) is 11.3 Å². The van der Waals surface area contributed by atoms with Gasteiger partial charge in [0.05, 0.1) is 13.2 Å². The van der Waals surface area contributed by atoms with E-state index in [1.165, 1.54) is 0 Å². The average molecular weight is 298 g/mol. The predicted octanol–water partition coefficient (Wildman–Crippen LogP) is 1.31. The van der Waals surface area contributed by atoms with Crippen molar-refractivity contribution in [2.75, 3.05) is 19.8 Å². The highest BCUT2D eigenvalue weighted by Crippen LogP contribution is 2.26. The molecule has 110 valence electrons. The first-order valence-corrected chi connectivity index (χ1v) is 7.59. The van der Waals surface area contributed by atoms with E-state index in [9.17, 15) is 9.59 Å². The number of ether oxygens (including phenoxy) is 1. The van der Waals surface area contributed by atoms with Crippen molar-refractivity contribution in [3.05, 3.63) is 16.1 Å². The molecule has 1 amide bonds. The number of aromatic nitrogens is 1. The van der Waals surface area contributed by atoms with Crippen LogP contribution in [0.5, 0.6) is 0 Å². The molecule has 0 bridgehead atoms. The average Bonchev–Trinajstić information content (AvgIpc) is 2.85. The highest BCUT2D eigenvalue weighted by molar-refractivity contribution is 7.11. The Morgan fingerprint density at radius 2 is 2.30 bits per heavy atom. The fourth-order valence-corrected chi connectivity index (χ4v) is 2.74. The molecule has 1 saturated carbocycles. The van der Waals surface area contributed by atoms with Crippen molar-refractivity contribution in [3.63, 3.8) is 0 Å². The molecule has 1 aliphatic rings. The van der Waals surface area contributed by atoms with Gasteiger partial charge < -0.3 is 14.7 Å². The van der Waals surface area contributed by atoms with Gasteiger partial charge in [-0.2, -0.15) is 0 Å². The number of carbonyl (C=O) groups is 2. The van der Waals surface area contributed by atoms with Gasteiger partial charge in [0.2, 0.25) is 5.01 Å². The first kappa shape index (κ1) is 14.9. The molecule has 2 rings (SSSR count). The van der Waals surface area contributed by atoms with Crippen LogP contribution >= 0.6 is 11.3 Å². The second kappa shape index (κ2) is 6.81. The number of carbonyl (C=O) groups excluding carboxylic acids is 2. The van der Waals surface area contributed by atoms with Gasteiger partial charge in [0.15, 0.2) is 0 Å². The standard InChI is InChI=1S/C13H18N2O4S/c1-2-19-13(18)11-14-10(8-20-11)12(17)15(6-7-16)9-4-3-5-9/h8-9,16H,2-7H2,1H3. The molecule has 0 spiro atoms. The van der Waals surface area contributed by atoms with Gasteiger partial charge in [-0.3, -0.25) is 4.79 Å². The first-order chi connectivity index (χ1) is 9.67. The smallest absolute Gasteiger partial charge is 0.367 e. The number of esters is 1. The van der Waals surface area contributed by atoms with Crippen LogP contribution < -0.4 is 0 Å². The molecule has 1 aliphatic carbocycles. The van der Waals surface area contributed by atoms with Crippen LogP contribution in [0.2, 0.25) is 0 Å². The summed E-state index contributed by atoms with van der Waals surface area (Å²) in [5, 5.41) is 10.8. The minimum absolute atomic E-state index is 0.0723. The summed E-state index contributed by atoms with van der Waals surface area (Å²) in [6.45, 7) is 2.23. The Bertz CT molecular complexity index is 484. The fraction of sp³-hybridized carbons (Fsp3) is 0.615. The zero-order chi connectivity index (χ0) is 14.5. The molecule has 7 heteroatoms. The molecular formula is C13H18N2O4S. The van der Waals surface area contributed by atoms with Gasteiger partial charge in [0.25, 0.3) is 5.91 Å². The van der Waals surface area contributed by atoms with Crippen LogP contribution in [-0.2, 0) is 4.74 Å². The second-order valence-corrected chi connectivity index (χ2v) is 5.42. The number of hydrogen-bond donors (Lipinski definition) is 1. The Kier molecular flexibility index (Phi) is 5.08. The van der Waals surface area contributed by atoms with Crippen molar-refractivity contribution < 1.29 is 19.4 Å². The lowest BCUT2D eigenvalue weighted by Gasteiger charge is -2.36. The van der Waals surface area contributed by atoms with Crippen LogP contribution in [0.1, 0.15) is 46.5 Å². The summed E-state index contributed by atoms with van der Waals surface area (Å²) in [7, 11) is 0. The first-order valence-electron chi connectivity index (χ1n) is 6.71. The Balaban J connectivity index is 2.08.